The predicted molar refractivity (Wildman–Crippen MR) is 49.6 cm³/mol. The molecule has 1 heterocycles. The number of nitriles is 1. The van der Waals surface area contributed by atoms with Gasteiger partial charge in [0.15, 0.2) is 0 Å². The van der Waals surface area contributed by atoms with Crippen molar-refractivity contribution in [3.05, 3.63) is 15.7 Å². The summed E-state index contributed by atoms with van der Waals surface area (Å²) in [6.07, 6.45) is 2.34. The topological polar surface area (TPSA) is 65.6 Å². The number of nitrogens with two attached hydrogens (primary N) is 1. The Hall–Kier alpha value is -0.950. The molecule has 0 radical (unpaired) electrons. The highest BCUT2D eigenvalue weighted by Gasteiger charge is 2.30. The van der Waals surface area contributed by atoms with Crippen LogP contribution in [0.25, 0.3) is 0 Å². The van der Waals surface area contributed by atoms with E-state index < -0.39 is 0 Å². The molecule has 0 aliphatic heterocycles. The van der Waals surface area contributed by atoms with E-state index in [1.54, 1.807) is 0 Å². The Kier molecular flexibility index (Phi) is 1.62. The lowest BCUT2D eigenvalue weighted by molar-refractivity contribution is 1.11. The normalized spacial score (nSPS) is 16.0. The lowest BCUT2D eigenvalue weighted by Gasteiger charge is -1.93. The number of H-pyrrole nitrogens is 1. The molecule has 4 heteroatoms. The molecular weight excluding hydrogens is 218 g/mol. The van der Waals surface area contributed by atoms with E-state index in [0.29, 0.717) is 17.3 Å². The average Bonchev–Trinajstić information content (AvgIpc) is 2.78. The summed E-state index contributed by atoms with van der Waals surface area (Å²) >= 11 is 3.36. The van der Waals surface area contributed by atoms with Crippen molar-refractivity contribution in [3.63, 3.8) is 0 Å². The minimum absolute atomic E-state index is 0.478. The van der Waals surface area contributed by atoms with Crippen LogP contribution in [-0.4, -0.2) is 4.98 Å². The van der Waals surface area contributed by atoms with Crippen molar-refractivity contribution < 1.29 is 0 Å². The second kappa shape index (κ2) is 2.53. The van der Waals surface area contributed by atoms with Crippen LogP contribution in [-0.2, 0) is 0 Å². The first-order chi connectivity index (χ1) is 5.74. The van der Waals surface area contributed by atoms with Gasteiger partial charge in [0.25, 0.3) is 0 Å². The summed E-state index contributed by atoms with van der Waals surface area (Å²) in [5.74, 6) is 1.02. The summed E-state index contributed by atoms with van der Waals surface area (Å²) in [5.41, 5.74) is 7.29. The van der Waals surface area contributed by atoms with E-state index in [0.717, 1.165) is 10.2 Å². The smallest absolute Gasteiger partial charge is 0.120 e. The second-order valence-electron chi connectivity index (χ2n) is 3.03. The van der Waals surface area contributed by atoms with Crippen molar-refractivity contribution in [3.8, 4) is 6.07 Å². The molecule has 1 saturated carbocycles. The van der Waals surface area contributed by atoms with Crippen LogP contribution in [0.1, 0.15) is 29.9 Å². The molecular formula is C8H8BrN3. The van der Waals surface area contributed by atoms with Gasteiger partial charge < -0.3 is 10.7 Å². The van der Waals surface area contributed by atoms with E-state index in [4.69, 9.17) is 11.0 Å². The summed E-state index contributed by atoms with van der Waals surface area (Å²) in [4.78, 5) is 2.92. The fourth-order valence-corrected chi connectivity index (χ4v) is 2.11. The van der Waals surface area contributed by atoms with Crippen molar-refractivity contribution in [1.82, 2.24) is 4.98 Å². The minimum Gasteiger partial charge on any atom is -0.384 e. The third-order valence-electron chi connectivity index (χ3n) is 2.12. The van der Waals surface area contributed by atoms with E-state index in [1.807, 2.05) is 0 Å². The van der Waals surface area contributed by atoms with Gasteiger partial charge in [-0.1, -0.05) is 0 Å². The van der Waals surface area contributed by atoms with Crippen LogP contribution in [0.2, 0.25) is 0 Å². The molecule has 2 rings (SSSR count). The summed E-state index contributed by atoms with van der Waals surface area (Å²) in [6, 6.07) is 2.12. The summed E-state index contributed by atoms with van der Waals surface area (Å²) in [7, 11) is 0. The lowest BCUT2D eigenvalue weighted by Crippen LogP contribution is -1.88. The van der Waals surface area contributed by atoms with Crippen LogP contribution in [0.4, 0.5) is 5.82 Å². The Morgan fingerprint density at radius 1 is 1.58 bits per heavy atom. The molecule has 1 aliphatic carbocycles. The van der Waals surface area contributed by atoms with Gasteiger partial charge in [-0.2, -0.15) is 5.26 Å². The quantitative estimate of drug-likeness (QED) is 0.769. The van der Waals surface area contributed by atoms with Crippen LogP contribution in [0.5, 0.6) is 0 Å². The van der Waals surface area contributed by atoms with Gasteiger partial charge in [0.1, 0.15) is 11.9 Å². The second-order valence-corrected chi connectivity index (χ2v) is 3.82. The Morgan fingerprint density at radius 2 is 2.25 bits per heavy atom. The lowest BCUT2D eigenvalue weighted by atomic mass is 10.1. The number of nitrogen functional groups attached to an aromatic ring is 1. The summed E-state index contributed by atoms with van der Waals surface area (Å²) in [5, 5.41) is 8.82. The number of aromatic amines is 1. The molecule has 62 valence electrons. The molecule has 3 nitrogen and oxygen atoms in total. The summed E-state index contributed by atoms with van der Waals surface area (Å²) in [6.45, 7) is 0. The van der Waals surface area contributed by atoms with Gasteiger partial charge in [-0.3, -0.25) is 0 Å². The monoisotopic (exact) mass is 225 g/mol. The number of anilines is 1. The largest absolute Gasteiger partial charge is 0.384 e. The molecule has 0 bridgehead atoms. The molecule has 0 unspecified atom stereocenters. The zero-order valence-corrected chi connectivity index (χ0v) is 7.98. The number of halogens is 1. The molecule has 0 spiro atoms. The molecule has 1 aliphatic rings. The Balaban J connectivity index is 2.56. The fraction of sp³-hybridized carbons (Fsp3) is 0.375. The fourth-order valence-electron chi connectivity index (χ4n) is 1.38. The first-order valence-electron chi connectivity index (χ1n) is 3.81. The van der Waals surface area contributed by atoms with Gasteiger partial charge in [-0.15, -0.1) is 0 Å². The van der Waals surface area contributed by atoms with Crippen LogP contribution < -0.4 is 5.73 Å². The maximum absolute atomic E-state index is 8.82. The van der Waals surface area contributed by atoms with E-state index in [2.05, 4.69) is 27.0 Å². The van der Waals surface area contributed by atoms with Crippen molar-refractivity contribution in [2.75, 3.05) is 5.73 Å². The zero-order valence-electron chi connectivity index (χ0n) is 6.39. The third-order valence-corrected chi connectivity index (χ3v) is 2.74. The molecule has 3 N–H and O–H groups in total. The van der Waals surface area contributed by atoms with Crippen LogP contribution in [0.15, 0.2) is 4.60 Å². The van der Waals surface area contributed by atoms with Crippen LogP contribution in [0.3, 0.4) is 0 Å². The molecule has 1 aromatic rings. The van der Waals surface area contributed by atoms with Crippen LogP contribution >= 0.6 is 15.9 Å². The third kappa shape index (κ3) is 1.01. The van der Waals surface area contributed by atoms with E-state index in [1.165, 1.54) is 12.8 Å². The van der Waals surface area contributed by atoms with E-state index >= 15 is 0 Å². The van der Waals surface area contributed by atoms with Gasteiger partial charge in [0, 0.05) is 5.56 Å². The first kappa shape index (κ1) is 7.69. The molecule has 0 amide bonds. The van der Waals surface area contributed by atoms with Gasteiger partial charge in [-0.25, -0.2) is 0 Å². The number of hydrogen-bond acceptors (Lipinski definition) is 2. The van der Waals surface area contributed by atoms with Gasteiger partial charge >= 0.3 is 0 Å². The van der Waals surface area contributed by atoms with Crippen LogP contribution in [0, 0.1) is 11.3 Å². The highest BCUT2D eigenvalue weighted by atomic mass is 79.9. The van der Waals surface area contributed by atoms with Gasteiger partial charge in [0.2, 0.25) is 0 Å². The number of nitrogens with one attached hydrogen (secondary N) is 1. The SMILES string of the molecule is N#Cc1c(N)[nH]c(Br)c1C1CC1. The standard InChI is InChI=1S/C8H8BrN3/c9-7-6(4-1-2-4)5(3-10)8(11)12-7/h4,12H,1-2,11H2. The maximum atomic E-state index is 8.82. The average molecular weight is 226 g/mol. The Morgan fingerprint density at radius 3 is 2.75 bits per heavy atom. The van der Waals surface area contributed by atoms with Crippen molar-refractivity contribution >= 4 is 21.7 Å². The zero-order chi connectivity index (χ0) is 8.72. The number of hydrogen-bond donors (Lipinski definition) is 2. The molecule has 1 fully saturated rings. The minimum atomic E-state index is 0.478. The molecule has 1 aromatic heterocycles. The predicted octanol–water partition coefficient (Wildman–Crippen LogP) is 2.11. The first-order valence-corrected chi connectivity index (χ1v) is 4.60. The summed E-state index contributed by atoms with van der Waals surface area (Å²) < 4.78 is 0.874. The van der Waals surface area contributed by atoms with E-state index in [9.17, 15) is 0 Å². The Bertz CT molecular complexity index is 357. The molecule has 12 heavy (non-hydrogen) atoms. The molecule has 0 saturated heterocycles. The number of aromatic nitrogens is 1. The number of rotatable bonds is 1. The van der Waals surface area contributed by atoms with Crippen molar-refractivity contribution in [2.24, 2.45) is 0 Å². The molecule has 0 atom stereocenters. The van der Waals surface area contributed by atoms with E-state index in [-0.39, 0.29) is 0 Å². The van der Waals surface area contributed by atoms with Crippen molar-refractivity contribution in [2.45, 2.75) is 18.8 Å². The van der Waals surface area contributed by atoms with Crippen molar-refractivity contribution in [1.29, 1.82) is 5.26 Å². The van der Waals surface area contributed by atoms with Gasteiger partial charge in [-0.05, 0) is 34.7 Å². The van der Waals surface area contributed by atoms with Gasteiger partial charge in [0.05, 0.1) is 10.2 Å². The Labute approximate surface area is 78.7 Å². The molecule has 0 aromatic carbocycles. The maximum Gasteiger partial charge on any atom is 0.120 e. The number of nitrogens with zero attached hydrogens (tertiary/aromatic N) is 1. The highest BCUT2D eigenvalue weighted by molar-refractivity contribution is 9.10. The highest BCUT2D eigenvalue weighted by Crippen LogP contribution is 2.46.